The minimum atomic E-state index is 0.674. The molecule has 10 aromatic carbocycles. The van der Waals surface area contributed by atoms with Crippen molar-refractivity contribution in [1.82, 2.24) is 0 Å². The first-order valence-corrected chi connectivity index (χ1v) is 18.5. The summed E-state index contributed by atoms with van der Waals surface area (Å²) in [4.78, 5) is 0. The maximum absolute atomic E-state index is 8.87. The van der Waals surface area contributed by atoms with Crippen LogP contribution >= 0.6 is 47.8 Å². The van der Waals surface area contributed by atoms with E-state index in [4.69, 9.17) is 9.68 Å². The van der Waals surface area contributed by atoms with Crippen LogP contribution in [0.2, 0.25) is 0 Å². The molecule has 0 amide bonds. The summed E-state index contributed by atoms with van der Waals surface area (Å²) in [7, 11) is 0.728. The van der Waals surface area contributed by atoms with Gasteiger partial charge in [0.25, 0.3) is 0 Å². The lowest BCUT2D eigenvalue weighted by atomic mass is 9.90. The van der Waals surface area contributed by atoms with Gasteiger partial charge in [-0.05, 0) is 101 Å². The first-order valence-electron chi connectivity index (χ1n) is 16.1. The first-order chi connectivity index (χ1) is 24.5. The average Bonchev–Trinajstić information content (AvgIpc) is 3.14. The van der Waals surface area contributed by atoms with E-state index in [1.807, 2.05) is 42.5 Å². The smallest absolute Gasteiger partial charge is 0.537 e. The Morgan fingerprint density at radius 3 is 1.34 bits per heavy atom. The van der Waals surface area contributed by atoms with Crippen molar-refractivity contribution < 1.29 is 9.68 Å². The Hall–Kier alpha value is -4.46. The Kier molecular flexibility index (Phi) is 9.20. The highest BCUT2D eigenvalue weighted by atomic mass is 79.9. The van der Waals surface area contributed by atoms with Crippen molar-refractivity contribution in [2.75, 3.05) is 0 Å². The van der Waals surface area contributed by atoms with Gasteiger partial charge in [-0.1, -0.05) is 169 Å². The molecule has 0 heterocycles. The normalized spacial score (nSPS) is 11.2. The predicted molar refractivity (Wildman–Crippen MR) is 224 cm³/mol. The summed E-state index contributed by atoms with van der Waals surface area (Å²) in [5, 5.41) is 24.0. The fraction of sp³-hybridized carbons (Fsp3) is 0. The Bertz CT molecular complexity index is 2730. The second-order valence-corrected chi connectivity index (χ2v) is 14.8. The third kappa shape index (κ3) is 6.22. The predicted octanol–water partition coefficient (Wildman–Crippen LogP) is 13.7. The highest BCUT2D eigenvalue weighted by Gasteiger charge is 2.13. The van der Waals surface area contributed by atoms with E-state index >= 15 is 0 Å². The summed E-state index contributed by atoms with van der Waals surface area (Å²) < 4.78 is 8.51. The fourth-order valence-electron chi connectivity index (χ4n) is 6.97. The zero-order valence-corrected chi connectivity index (χ0v) is 31.3. The largest absolute Gasteiger partial charge is 0.569 e. The molecule has 0 saturated carbocycles. The van der Waals surface area contributed by atoms with Crippen molar-refractivity contribution >= 4 is 120 Å². The van der Waals surface area contributed by atoms with Gasteiger partial charge in [-0.15, -0.1) is 0 Å². The molecule has 0 fully saturated rings. The first kappa shape index (κ1) is 32.7. The molecule has 239 valence electrons. The highest BCUT2D eigenvalue weighted by Crippen LogP contribution is 2.40. The van der Waals surface area contributed by atoms with Crippen LogP contribution in [0, 0.1) is 0 Å². The highest BCUT2D eigenvalue weighted by molar-refractivity contribution is 9.11. The van der Waals surface area contributed by atoms with E-state index in [2.05, 4.69) is 163 Å². The molecule has 0 aliphatic heterocycles. The molecule has 0 saturated heterocycles. The molecule has 0 unspecified atom stereocenters. The van der Waals surface area contributed by atoms with Crippen LogP contribution in [0.3, 0.4) is 0 Å². The van der Waals surface area contributed by atoms with E-state index in [-0.39, 0.29) is 0 Å². The molecule has 10 aromatic rings. The van der Waals surface area contributed by atoms with E-state index in [1.54, 1.807) is 0 Å². The lowest BCUT2D eigenvalue weighted by molar-refractivity contribution is 0.457. The number of halogens is 3. The monoisotopic (exact) mass is 835 g/mol. The Balaban J connectivity index is 0.000000120. The molecule has 2 nitrogen and oxygen atoms in total. The molecule has 0 atom stereocenters. The van der Waals surface area contributed by atoms with E-state index in [0.717, 1.165) is 26.5 Å². The van der Waals surface area contributed by atoms with Gasteiger partial charge in [-0.3, -0.25) is 0 Å². The van der Waals surface area contributed by atoms with Gasteiger partial charge in [0.1, 0.15) is 5.75 Å². The summed E-state index contributed by atoms with van der Waals surface area (Å²) in [5.41, 5.74) is 2.54. The summed E-state index contributed by atoms with van der Waals surface area (Å²) in [6, 6.07) is 55.1. The second-order valence-electron chi connectivity index (χ2n) is 12.1. The third-order valence-corrected chi connectivity index (χ3v) is 10.6. The summed E-state index contributed by atoms with van der Waals surface area (Å²) >= 11 is 10.3. The van der Waals surface area contributed by atoms with E-state index in [9.17, 15) is 0 Å². The lowest BCUT2D eigenvalue weighted by Crippen LogP contribution is -2.00. The average molecular weight is 838 g/mol. The Morgan fingerprint density at radius 1 is 0.400 bits per heavy atom. The van der Waals surface area contributed by atoms with Crippen LogP contribution in [0.5, 0.6) is 5.75 Å². The van der Waals surface area contributed by atoms with Crippen LogP contribution in [0.15, 0.2) is 171 Å². The molecule has 50 heavy (non-hydrogen) atoms. The summed E-state index contributed by atoms with van der Waals surface area (Å²) in [6.45, 7) is 0. The van der Waals surface area contributed by atoms with Gasteiger partial charge in [0.05, 0.1) is 0 Å². The zero-order valence-electron chi connectivity index (χ0n) is 26.6. The molecular formula is C44H27BBr3O2. The minimum Gasteiger partial charge on any atom is -0.537 e. The van der Waals surface area contributed by atoms with Gasteiger partial charge in [0.15, 0.2) is 0 Å². The molecule has 1 N–H and O–H groups in total. The van der Waals surface area contributed by atoms with Crippen molar-refractivity contribution in [3.05, 3.63) is 171 Å². The standard InChI is InChI=1S/C22H13Br.C16H10BO2.C6H4Br2/c23-18-6-2-5-17(13-18)19-11-9-16-8-7-14-3-1-4-15-10-12-20(19)22(16)21(14)15;18-17-19-14-9-7-12-5-4-10-2-1-3-11-6-8-13(14)16(12)15(10)11;7-5-2-1-3-6(8)4-5/h1-13H;1-9,18H;1-4H. The van der Waals surface area contributed by atoms with Crippen LogP contribution < -0.4 is 4.65 Å². The van der Waals surface area contributed by atoms with Crippen molar-refractivity contribution in [2.24, 2.45) is 0 Å². The van der Waals surface area contributed by atoms with Crippen molar-refractivity contribution in [3.63, 3.8) is 0 Å². The molecular weight excluding hydrogens is 811 g/mol. The molecule has 0 aromatic heterocycles. The molecule has 0 aliphatic carbocycles. The van der Waals surface area contributed by atoms with Crippen LogP contribution in [0.4, 0.5) is 0 Å². The number of hydrogen-bond acceptors (Lipinski definition) is 2. The van der Waals surface area contributed by atoms with Crippen LogP contribution in [-0.4, -0.2) is 12.7 Å². The zero-order chi connectivity index (χ0) is 34.2. The van der Waals surface area contributed by atoms with E-state index < -0.39 is 0 Å². The molecule has 6 heteroatoms. The van der Waals surface area contributed by atoms with Gasteiger partial charge in [-0.25, -0.2) is 0 Å². The maximum atomic E-state index is 8.87. The minimum absolute atomic E-state index is 0.674. The Morgan fingerprint density at radius 2 is 0.820 bits per heavy atom. The van der Waals surface area contributed by atoms with E-state index in [1.165, 1.54) is 70.4 Å². The van der Waals surface area contributed by atoms with Gasteiger partial charge in [-0.2, -0.15) is 0 Å². The van der Waals surface area contributed by atoms with Crippen LogP contribution in [0.25, 0.3) is 75.8 Å². The van der Waals surface area contributed by atoms with Crippen molar-refractivity contribution in [2.45, 2.75) is 0 Å². The van der Waals surface area contributed by atoms with E-state index in [0.29, 0.717) is 5.75 Å². The quantitative estimate of drug-likeness (QED) is 0.142. The summed E-state index contributed by atoms with van der Waals surface area (Å²) in [5.74, 6) is 0.674. The molecule has 10 rings (SSSR count). The van der Waals surface area contributed by atoms with Gasteiger partial charge in [0.2, 0.25) is 0 Å². The third-order valence-electron chi connectivity index (χ3n) is 9.12. The topological polar surface area (TPSA) is 29.5 Å². The molecule has 1 radical (unpaired) electrons. The summed E-state index contributed by atoms with van der Waals surface area (Å²) in [6.07, 6.45) is 0. The van der Waals surface area contributed by atoms with Crippen molar-refractivity contribution in [1.29, 1.82) is 0 Å². The number of rotatable bonds is 3. The van der Waals surface area contributed by atoms with Gasteiger partial charge in [0, 0.05) is 24.2 Å². The lowest BCUT2D eigenvalue weighted by Gasteiger charge is -2.14. The molecule has 0 spiro atoms. The Labute approximate surface area is 315 Å². The molecule has 0 bridgehead atoms. The fourth-order valence-corrected chi connectivity index (χ4v) is 8.48. The van der Waals surface area contributed by atoms with Crippen molar-refractivity contribution in [3.8, 4) is 16.9 Å². The van der Waals surface area contributed by atoms with Crippen LogP contribution in [-0.2, 0) is 0 Å². The second kappa shape index (κ2) is 14.0. The number of benzene rings is 10. The molecule has 0 aliphatic rings. The van der Waals surface area contributed by atoms with Crippen LogP contribution in [0.1, 0.15) is 0 Å². The number of hydrogen-bond donors (Lipinski definition) is 1. The maximum Gasteiger partial charge on any atom is 0.569 e. The SMILES string of the molecule is Brc1cccc(-c2ccc3ccc4cccc5ccc2c3c45)c1.Brc1cccc(Br)c1.O[B]Oc1ccc2ccc3cccc4ccc1c2c34. The van der Waals surface area contributed by atoms with Gasteiger partial charge >= 0.3 is 7.69 Å². The van der Waals surface area contributed by atoms with Gasteiger partial charge < -0.3 is 9.68 Å².